The lowest BCUT2D eigenvalue weighted by Gasteiger charge is -2.12. The van der Waals surface area contributed by atoms with Gasteiger partial charge >= 0.3 is 0 Å². The number of nitrogens with zero attached hydrogens (tertiary/aromatic N) is 1. The summed E-state index contributed by atoms with van der Waals surface area (Å²) < 4.78 is 5.66. The van der Waals surface area contributed by atoms with E-state index < -0.39 is 6.10 Å². The molecule has 0 amide bonds. The average Bonchev–Trinajstić information content (AvgIpc) is 2.78. The van der Waals surface area contributed by atoms with Gasteiger partial charge in [-0.05, 0) is 47.9 Å². The molecule has 2 unspecified atom stereocenters. The van der Waals surface area contributed by atoms with E-state index in [1.807, 2.05) is 30.3 Å². The van der Waals surface area contributed by atoms with Crippen molar-refractivity contribution in [1.29, 1.82) is 0 Å². The van der Waals surface area contributed by atoms with Gasteiger partial charge in [0.15, 0.2) is 0 Å². The normalized spacial score (nSPS) is 19.1. The van der Waals surface area contributed by atoms with Crippen LogP contribution in [0.4, 0.5) is 0 Å². The van der Waals surface area contributed by atoms with E-state index in [4.69, 9.17) is 4.74 Å². The number of ether oxygens (including phenoxy) is 1. The fraction of sp³-hybridized carbons (Fsp3) is 0.267. The predicted octanol–water partition coefficient (Wildman–Crippen LogP) is 2.49. The summed E-state index contributed by atoms with van der Waals surface area (Å²) in [7, 11) is 0. The molecular formula is C15H15NO2. The Kier molecular flexibility index (Phi) is 2.76. The van der Waals surface area contributed by atoms with Crippen molar-refractivity contribution in [3.05, 3.63) is 59.4 Å². The Morgan fingerprint density at radius 1 is 1.22 bits per heavy atom. The highest BCUT2D eigenvalue weighted by Gasteiger charge is 2.20. The molecule has 1 aliphatic heterocycles. The maximum atomic E-state index is 10.3. The van der Waals surface area contributed by atoms with Crippen LogP contribution < -0.4 is 4.74 Å². The molecule has 0 bridgehead atoms. The van der Waals surface area contributed by atoms with E-state index in [1.165, 1.54) is 5.56 Å². The summed E-state index contributed by atoms with van der Waals surface area (Å²) in [5.41, 5.74) is 2.93. The Bertz CT molecular complexity index is 554. The van der Waals surface area contributed by atoms with E-state index in [2.05, 4.69) is 11.9 Å². The molecule has 3 heteroatoms. The average molecular weight is 241 g/mol. The smallest absolute Gasteiger partial charge is 0.123 e. The number of fused-ring (bicyclic) bond motifs is 1. The second kappa shape index (κ2) is 4.42. The second-order valence-electron chi connectivity index (χ2n) is 4.68. The largest absolute Gasteiger partial charge is 0.490 e. The van der Waals surface area contributed by atoms with Crippen molar-refractivity contribution in [3.8, 4) is 5.75 Å². The second-order valence-corrected chi connectivity index (χ2v) is 4.68. The minimum absolute atomic E-state index is 0.230. The number of aromatic nitrogens is 1. The number of rotatable bonds is 2. The van der Waals surface area contributed by atoms with E-state index in [1.54, 1.807) is 12.4 Å². The van der Waals surface area contributed by atoms with Gasteiger partial charge in [0.25, 0.3) is 0 Å². The van der Waals surface area contributed by atoms with E-state index in [0.29, 0.717) is 0 Å². The number of hydrogen-bond acceptors (Lipinski definition) is 3. The van der Waals surface area contributed by atoms with Gasteiger partial charge in [-0.25, -0.2) is 0 Å². The fourth-order valence-corrected chi connectivity index (χ4v) is 2.35. The van der Waals surface area contributed by atoms with Crippen molar-refractivity contribution in [2.24, 2.45) is 0 Å². The third-order valence-corrected chi connectivity index (χ3v) is 3.26. The van der Waals surface area contributed by atoms with E-state index in [-0.39, 0.29) is 6.10 Å². The molecule has 18 heavy (non-hydrogen) atoms. The number of aliphatic hydroxyl groups is 1. The van der Waals surface area contributed by atoms with Crippen LogP contribution in [0.3, 0.4) is 0 Å². The SMILES string of the molecule is CC1Cc2cc(C(O)c3ccncc3)ccc2O1. The van der Waals surface area contributed by atoms with Crippen LogP contribution in [0.1, 0.15) is 29.7 Å². The van der Waals surface area contributed by atoms with Crippen molar-refractivity contribution in [2.45, 2.75) is 25.6 Å². The molecule has 0 radical (unpaired) electrons. The molecule has 0 saturated carbocycles. The minimum atomic E-state index is -0.603. The maximum Gasteiger partial charge on any atom is 0.123 e. The molecule has 1 aromatic heterocycles. The molecule has 3 rings (SSSR count). The van der Waals surface area contributed by atoms with Gasteiger partial charge in [0.05, 0.1) is 0 Å². The molecule has 3 nitrogen and oxygen atoms in total. The summed E-state index contributed by atoms with van der Waals surface area (Å²) in [4.78, 5) is 3.96. The highest BCUT2D eigenvalue weighted by atomic mass is 16.5. The molecule has 1 N–H and O–H groups in total. The van der Waals surface area contributed by atoms with Gasteiger partial charge in [0.2, 0.25) is 0 Å². The van der Waals surface area contributed by atoms with Crippen LogP contribution in [0.5, 0.6) is 5.75 Å². The Balaban J connectivity index is 1.92. The molecular weight excluding hydrogens is 226 g/mol. The van der Waals surface area contributed by atoms with Crippen LogP contribution in [0, 0.1) is 0 Å². The molecule has 0 saturated heterocycles. The summed E-state index contributed by atoms with van der Waals surface area (Å²) >= 11 is 0. The maximum absolute atomic E-state index is 10.3. The van der Waals surface area contributed by atoms with Gasteiger partial charge < -0.3 is 9.84 Å². The van der Waals surface area contributed by atoms with Crippen molar-refractivity contribution in [2.75, 3.05) is 0 Å². The quantitative estimate of drug-likeness (QED) is 0.878. The Morgan fingerprint density at radius 3 is 2.78 bits per heavy atom. The molecule has 1 aliphatic rings. The van der Waals surface area contributed by atoms with E-state index >= 15 is 0 Å². The molecule has 0 fully saturated rings. The van der Waals surface area contributed by atoms with Crippen molar-refractivity contribution >= 4 is 0 Å². The van der Waals surface area contributed by atoms with Gasteiger partial charge in [-0.2, -0.15) is 0 Å². The highest BCUT2D eigenvalue weighted by molar-refractivity contribution is 5.43. The zero-order chi connectivity index (χ0) is 12.5. The van der Waals surface area contributed by atoms with Crippen LogP contribution in [-0.4, -0.2) is 16.2 Å². The van der Waals surface area contributed by atoms with Gasteiger partial charge in [0.1, 0.15) is 18.0 Å². The zero-order valence-electron chi connectivity index (χ0n) is 10.2. The Labute approximate surface area is 106 Å². The topological polar surface area (TPSA) is 42.4 Å². The Hall–Kier alpha value is -1.87. The number of hydrogen-bond donors (Lipinski definition) is 1. The summed E-state index contributed by atoms with van der Waals surface area (Å²) in [5.74, 6) is 0.938. The monoisotopic (exact) mass is 241 g/mol. The lowest BCUT2D eigenvalue weighted by atomic mass is 9.99. The molecule has 0 spiro atoms. The van der Waals surface area contributed by atoms with E-state index in [0.717, 1.165) is 23.3 Å². The van der Waals surface area contributed by atoms with Crippen LogP contribution in [0.2, 0.25) is 0 Å². The summed E-state index contributed by atoms with van der Waals surface area (Å²) in [5, 5.41) is 10.3. The van der Waals surface area contributed by atoms with Crippen LogP contribution >= 0.6 is 0 Å². The molecule has 2 atom stereocenters. The first-order valence-electron chi connectivity index (χ1n) is 6.11. The third-order valence-electron chi connectivity index (χ3n) is 3.26. The predicted molar refractivity (Wildman–Crippen MR) is 68.5 cm³/mol. The summed E-state index contributed by atoms with van der Waals surface area (Å²) in [6.45, 7) is 2.05. The number of benzene rings is 1. The van der Waals surface area contributed by atoms with Crippen LogP contribution in [-0.2, 0) is 6.42 Å². The first-order chi connectivity index (χ1) is 8.74. The number of pyridine rings is 1. The summed E-state index contributed by atoms with van der Waals surface area (Å²) in [6, 6.07) is 9.55. The van der Waals surface area contributed by atoms with Crippen LogP contribution in [0.15, 0.2) is 42.7 Å². The van der Waals surface area contributed by atoms with Gasteiger partial charge in [-0.3, -0.25) is 4.98 Å². The molecule has 2 heterocycles. The van der Waals surface area contributed by atoms with Crippen molar-refractivity contribution in [1.82, 2.24) is 4.98 Å². The zero-order valence-corrected chi connectivity index (χ0v) is 10.2. The lowest BCUT2D eigenvalue weighted by Crippen LogP contribution is -2.05. The lowest BCUT2D eigenvalue weighted by molar-refractivity contribution is 0.220. The van der Waals surface area contributed by atoms with Crippen molar-refractivity contribution in [3.63, 3.8) is 0 Å². The van der Waals surface area contributed by atoms with Crippen LogP contribution in [0.25, 0.3) is 0 Å². The minimum Gasteiger partial charge on any atom is -0.490 e. The first-order valence-corrected chi connectivity index (χ1v) is 6.11. The summed E-state index contributed by atoms with van der Waals surface area (Å²) in [6.07, 6.45) is 3.92. The molecule has 1 aromatic carbocycles. The fourth-order valence-electron chi connectivity index (χ4n) is 2.35. The third kappa shape index (κ3) is 1.97. The van der Waals surface area contributed by atoms with Gasteiger partial charge in [0, 0.05) is 18.8 Å². The van der Waals surface area contributed by atoms with Crippen molar-refractivity contribution < 1.29 is 9.84 Å². The Morgan fingerprint density at radius 2 is 2.00 bits per heavy atom. The standard InChI is InChI=1S/C15H15NO2/c1-10-8-13-9-12(2-3-14(13)18-10)15(17)11-4-6-16-7-5-11/h2-7,9-10,15,17H,8H2,1H3. The molecule has 92 valence electrons. The first kappa shape index (κ1) is 11.2. The molecule has 2 aromatic rings. The van der Waals surface area contributed by atoms with Gasteiger partial charge in [-0.1, -0.05) is 6.07 Å². The molecule has 0 aliphatic carbocycles. The van der Waals surface area contributed by atoms with E-state index in [9.17, 15) is 5.11 Å². The highest BCUT2D eigenvalue weighted by Crippen LogP contribution is 2.32. The number of aliphatic hydroxyl groups excluding tert-OH is 1. The van der Waals surface area contributed by atoms with Gasteiger partial charge in [-0.15, -0.1) is 0 Å².